The number of amides is 2. The fourth-order valence-electron chi connectivity index (χ4n) is 3.94. The van der Waals surface area contributed by atoms with Gasteiger partial charge in [0.25, 0.3) is 11.8 Å². The highest BCUT2D eigenvalue weighted by Gasteiger charge is 2.23. The summed E-state index contributed by atoms with van der Waals surface area (Å²) < 4.78 is 5.45. The highest BCUT2D eigenvalue weighted by molar-refractivity contribution is 5.99. The van der Waals surface area contributed by atoms with Crippen LogP contribution < -0.4 is 10.1 Å². The van der Waals surface area contributed by atoms with Crippen LogP contribution in [-0.4, -0.2) is 60.9 Å². The zero-order chi connectivity index (χ0) is 20.1. The molecule has 2 heterocycles. The summed E-state index contributed by atoms with van der Waals surface area (Å²) in [4.78, 5) is 28.8. The maximum absolute atomic E-state index is 13.0. The van der Waals surface area contributed by atoms with Crippen molar-refractivity contribution in [2.24, 2.45) is 0 Å². The molecule has 0 radical (unpaired) electrons. The van der Waals surface area contributed by atoms with Gasteiger partial charge in [0.05, 0.1) is 5.69 Å². The number of hydrogen-bond acceptors (Lipinski definition) is 4. The smallest absolute Gasteiger partial charge is 0.262 e. The Balaban J connectivity index is 1.30. The van der Waals surface area contributed by atoms with Crippen molar-refractivity contribution in [2.45, 2.75) is 19.3 Å². The second-order valence-corrected chi connectivity index (χ2v) is 7.62. The molecule has 152 valence electrons. The minimum Gasteiger partial charge on any atom is -0.482 e. The fourth-order valence-corrected chi connectivity index (χ4v) is 3.94. The quantitative estimate of drug-likeness (QED) is 0.849. The van der Waals surface area contributed by atoms with Crippen LogP contribution in [-0.2, 0) is 11.2 Å². The normalized spacial score (nSPS) is 17.1. The number of ether oxygens (including phenoxy) is 1. The third-order valence-corrected chi connectivity index (χ3v) is 5.52. The Morgan fingerprint density at radius 3 is 2.76 bits per heavy atom. The Morgan fingerprint density at radius 1 is 1.03 bits per heavy atom. The van der Waals surface area contributed by atoms with E-state index in [1.54, 1.807) is 18.2 Å². The molecule has 1 saturated heterocycles. The minimum atomic E-state index is -0.170. The standard InChI is InChI=1S/C23H27N3O3/c27-22-17-29-21-16-19(9-10-20(21)24-22)23(28)26-13-5-12-25(14-15-26)11-4-8-18-6-2-1-3-7-18/h1-3,6-7,9-10,16H,4-5,8,11-15,17H2,(H,24,27). The third-order valence-electron chi connectivity index (χ3n) is 5.52. The average Bonchev–Trinajstić information content (AvgIpc) is 2.99. The first-order chi connectivity index (χ1) is 14.2. The zero-order valence-electron chi connectivity index (χ0n) is 16.6. The molecule has 1 fully saturated rings. The highest BCUT2D eigenvalue weighted by Crippen LogP contribution is 2.29. The van der Waals surface area contributed by atoms with Crippen molar-refractivity contribution in [1.29, 1.82) is 0 Å². The Morgan fingerprint density at radius 2 is 1.90 bits per heavy atom. The number of nitrogens with zero attached hydrogens (tertiary/aromatic N) is 2. The average molecular weight is 393 g/mol. The first-order valence-electron chi connectivity index (χ1n) is 10.3. The van der Waals surface area contributed by atoms with Crippen LogP contribution in [0, 0.1) is 0 Å². The first kappa shape index (κ1) is 19.5. The molecule has 2 aromatic carbocycles. The van der Waals surface area contributed by atoms with Crippen LogP contribution in [0.1, 0.15) is 28.8 Å². The molecule has 0 bridgehead atoms. The number of nitrogens with one attached hydrogen (secondary N) is 1. The Kier molecular flexibility index (Phi) is 6.10. The molecule has 0 spiro atoms. The molecule has 6 heteroatoms. The molecule has 6 nitrogen and oxygen atoms in total. The summed E-state index contributed by atoms with van der Waals surface area (Å²) in [5.74, 6) is 0.420. The second-order valence-electron chi connectivity index (χ2n) is 7.62. The van der Waals surface area contributed by atoms with Crippen LogP contribution in [0.15, 0.2) is 48.5 Å². The molecular weight excluding hydrogens is 366 g/mol. The van der Waals surface area contributed by atoms with E-state index in [-0.39, 0.29) is 18.4 Å². The molecule has 29 heavy (non-hydrogen) atoms. The largest absolute Gasteiger partial charge is 0.482 e. The summed E-state index contributed by atoms with van der Waals surface area (Å²) in [6.07, 6.45) is 3.20. The highest BCUT2D eigenvalue weighted by atomic mass is 16.5. The number of aryl methyl sites for hydroxylation is 1. The number of hydrogen-bond donors (Lipinski definition) is 1. The van der Waals surface area contributed by atoms with E-state index in [2.05, 4.69) is 40.5 Å². The SMILES string of the molecule is O=C1COc2cc(C(=O)N3CCCN(CCCc4ccccc4)CC3)ccc2N1. The van der Waals surface area contributed by atoms with E-state index in [1.807, 2.05) is 4.90 Å². The molecule has 2 aliphatic rings. The van der Waals surface area contributed by atoms with Gasteiger partial charge in [-0.1, -0.05) is 30.3 Å². The van der Waals surface area contributed by atoms with Crippen LogP contribution in [0.4, 0.5) is 5.69 Å². The van der Waals surface area contributed by atoms with Gasteiger partial charge in [0.1, 0.15) is 5.75 Å². The lowest BCUT2D eigenvalue weighted by molar-refractivity contribution is -0.118. The summed E-state index contributed by atoms with van der Waals surface area (Å²) in [5, 5.41) is 2.76. The van der Waals surface area contributed by atoms with E-state index < -0.39 is 0 Å². The molecule has 0 aliphatic carbocycles. The van der Waals surface area contributed by atoms with Gasteiger partial charge in [-0.05, 0) is 56.1 Å². The van der Waals surface area contributed by atoms with E-state index >= 15 is 0 Å². The maximum atomic E-state index is 13.0. The Hall–Kier alpha value is -2.86. The van der Waals surface area contributed by atoms with Gasteiger partial charge in [-0.25, -0.2) is 0 Å². The molecule has 2 amide bonds. The maximum Gasteiger partial charge on any atom is 0.262 e. The van der Waals surface area contributed by atoms with Gasteiger partial charge in [-0.15, -0.1) is 0 Å². The molecule has 2 aliphatic heterocycles. The van der Waals surface area contributed by atoms with Gasteiger partial charge < -0.3 is 19.9 Å². The first-order valence-corrected chi connectivity index (χ1v) is 10.3. The molecule has 2 aromatic rings. The van der Waals surface area contributed by atoms with E-state index in [9.17, 15) is 9.59 Å². The molecule has 4 rings (SSSR count). The molecule has 0 aromatic heterocycles. The number of carbonyl (C=O) groups excluding carboxylic acids is 2. The van der Waals surface area contributed by atoms with Crippen LogP contribution in [0.25, 0.3) is 0 Å². The topological polar surface area (TPSA) is 61.9 Å². The molecule has 0 atom stereocenters. The van der Waals surface area contributed by atoms with Crippen molar-refractivity contribution in [1.82, 2.24) is 9.80 Å². The predicted molar refractivity (Wildman–Crippen MR) is 112 cm³/mol. The lowest BCUT2D eigenvalue weighted by atomic mass is 10.1. The van der Waals surface area contributed by atoms with Crippen LogP contribution in [0.2, 0.25) is 0 Å². The van der Waals surface area contributed by atoms with Gasteiger partial charge in [0.15, 0.2) is 6.61 Å². The Bertz CT molecular complexity index is 869. The van der Waals surface area contributed by atoms with E-state index in [0.29, 0.717) is 17.0 Å². The summed E-state index contributed by atoms with van der Waals surface area (Å²) in [5.41, 5.74) is 2.61. The lowest BCUT2D eigenvalue weighted by Crippen LogP contribution is -2.35. The molecular formula is C23H27N3O3. The van der Waals surface area contributed by atoms with Gasteiger partial charge >= 0.3 is 0 Å². The number of anilines is 1. The fraction of sp³-hybridized carbons (Fsp3) is 0.391. The number of benzene rings is 2. The van der Waals surface area contributed by atoms with Crippen LogP contribution in [0.3, 0.4) is 0 Å². The van der Waals surface area contributed by atoms with E-state index in [0.717, 1.165) is 52.0 Å². The van der Waals surface area contributed by atoms with Gasteiger partial charge in [-0.3, -0.25) is 9.59 Å². The minimum absolute atomic E-state index is 0.00764. The van der Waals surface area contributed by atoms with Crippen molar-refractivity contribution in [3.8, 4) is 5.75 Å². The Labute approximate surface area is 171 Å². The lowest BCUT2D eigenvalue weighted by Gasteiger charge is -2.23. The third kappa shape index (κ3) is 4.95. The summed E-state index contributed by atoms with van der Waals surface area (Å²) >= 11 is 0. The summed E-state index contributed by atoms with van der Waals surface area (Å²) in [7, 11) is 0. The van der Waals surface area contributed by atoms with Crippen LogP contribution in [0.5, 0.6) is 5.75 Å². The van der Waals surface area contributed by atoms with Crippen LogP contribution >= 0.6 is 0 Å². The van der Waals surface area contributed by atoms with Gasteiger partial charge in [-0.2, -0.15) is 0 Å². The van der Waals surface area contributed by atoms with E-state index in [1.165, 1.54) is 5.56 Å². The van der Waals surface area contributed by atoms with Gasteiger partial charge in [0, 0.05) is 25.2 Å². The monoisotopic (exact) mass is 393 g/mol. The summed E-state index contributed by atoms with van der Waals surface area (Å²) in [6.45, 7) is 4.48. The summed E-state index contributed by atoms with van der Waals surface area (Å²) in [6, 6.07) is 15.8. The number of fused-ring (bicyclic) bond motifs is 1. The van der Waals surface area contributed by atoms with Crippen molar-refractivity contribution in [2.75, 3.05) is 44.6 Å². The number of carbonyl (C=O) groups is 2. The second kappa shape index (κ2) is 9.09. The van der Waals surface area contributed by atoms with E-state index in [4.69, 9.17) is 4.74 Å². The number of rotatable bonds is 5. The zero-order valence-corrected chi connectivity index (χ0v) is 16.6. The van der Waals surface area contributed by atoms with Gasteiger partial charge in [0.2, 0.25) is 0 Å². The van der Waals surface area contributed by atoms with Crippen molar-refractivity contribution >= 4 is 17.5 Å². The molecule has 1 N–H and O–H groups in total. The molecule has 0 unspecified atom stereocenters. The van der Waals surface area contributed by atoms with Crippen molar-refractivity contribution in [3.05, 3.63) is 59.7 Å². The van der Waals surface area contributed by atoms with Crippen molar-refractivity contribution in [3.63, 3.8) is 0 Å². The molecule has 0 saturated carbocycles. The van der Waals surface area contributed by atoms with Crippen molar-refractivity contribution < 1.29 is 14.3 Å². The predicted octanol–water partition coefficient (Wildman–Crippen LogP) is 2.80.